The fourth-order valence-electron chi connectivity index (χ4n) is 3.19. The van der Waals surface area contributed by atoms with Crippen LogP contribution in [0.1, 0.15) is 40.5 Å². The lowest BCUT2D eigenvalue weighted by atomic mass is 9.97. The van der Waals surface area contributed by atoms with E-state index in [4.69, 9.17) is 4.74 Å². The number of ether oxygens (including phenoxy) is 1. The summed E-state index contributed by atoms with van der Waals surface area (Å²) in [5, 5.41) is 11.6. The molecule has 1 unspecified atom stereocenters. The predicted molar refractivity (Wildman–Crippen MR) is 105 cm³/mol. The van der Waals surface area contributed by atoms with Gasteiger partial charge >= 0.3 is 5.97 Å². The summed E-state index contributed by atoms with van der Waals surface area (Å²) in [6.07, 6.45) is 1.34. The predicted octanol–water partition coefficient (Wildman–Crippen LogP) is 2.45. The van der Waals surface area contributed by atoms with Crippen molar-refractivity contribution < 1.29 is 22.9 Å². The van der Waals surface area contributed by atoms with Gasteiger partial charge in [0.1, 0.15) is 5.69 Å². The maximum Gasteiger partial charge on any atom is 0.310 e. The molecule has 0 spiro atoms. The lowest BCUT2D eigenvalue weighted by Crippen LogP contribution is -2.41. The summed E-state index contributed by atoms with van der Waals surface area (Å²) in [6.45, 7) is 7.93. The van der Waals surface area contributed by atoms with E-state index in [9.17, 15) is 23.3 Å². The van der Waals surface area contributed by atoms with Gasteiger partial charge in [0, 0.05) is 24.7 Å². The normalized spacial score (nSPS) is 18.0. The minimum Gasteiger partial charge on any atom is -0.466 e. The number of rotatable bonds is 6. The molecule has 9 nitrogen and oxygen atoms in total. The van der Waals surface area contributed by atoms with Crippen LogP contribution in [-0.4, -0.2) is 44.5 Å². The zero-order valence-corrected chi connectivity index (χ0v) is 17.4. The van der Waals surface area contributed by atoms with Crippen LogP contribution in [0.25, 0.3) is 0 Å². The van der Waals surface area contributed by atoms with Gasteiger partial charge in [0.25, 0.3) is 5.69 Å². The average Bonchev–Trinajstić information content (AvgIpc) is 2.59. The third kappa shape index (κ3) is 5.41. The number of hydrogen-bond donors (Lipinski definition) is 1. The fraction of sp³-hybridized carbons (Fsp3) is 0.611. The molecule has 10 heteroatoms. The second-order valence-corrected chi connectivity index (χ2v) is 9.48. The number of nitro groups is 1. The summed E-state index contributed by atoms with van der Waals surface area (Å²) in [5.74, 6) is -0.678. The highest BCUT2D eigenvalue weighted by atomic mass is 32.2. The topological polar surface area (TPSA) is 119 Å². The van der Waals surface area contributed by atoms with Crippen LogP contribution in [0.4, 0.5) is 11.4 Å². The lowest BCUT2D eigenvalue weighted by molar-refractivity contribution is -0.384. The Hall–Kier alpha value is -2.20. The molecule has 0 amide bonds. The molecule has 1 fully saturated rings. The fourth-order valence-corrected chi connectivity index (χ4v) is 4.63. The number of nitrogens with one attached hydrogen (secondary N) is 1. The molecule has 1 N–H and O–H groups in total. The Bertz CT molecular complexity index is 847. The first-order valence-electron chi connectivity index (χ1n) is 9.18. The number of benzene rings is 1. The van der Waals surface area contributed by atoms with E-state index >= 15 is 0 Å². The van der Waals surface area contributed by atoms with Crippen LogP contribution in [0.2, 0.25) is 0 Å². The summed E-state index contributed by atoms with van der Waals surface area (Å²) in [7, 11) is -3.90. The molecular weight excluding hydrogens is 386 g/mol. The van der Waals surface area contributed by atoms with Crippen molar-refractivity contribution in [2.75, 3.05) is 24.6 Å². The highest BCUT2D eigenvalue weighted by Gasteiger charge is 2.31. The molecule has 0 bridgehead atoms. The molecule has 0 aliphatic carbocycles. The number of sulfonamides is 1. The maximum atomic E-state index is 12.5. The van der Waals surface area contributed by atoms with E-state index in [-0.39, 0.29) is 29.1 Å². The lowest BCUT2D eigenvalue weighted by Gasteiger charge is -2.33. The average molecular weight is 413 g/mol. The van der Waals surface area contributed by atoms with Crippen molar-refractivity contribution in [2.24, 2.45) is 5.92 Å². The van der Waals surface area contributed by atoms with Crippen LogP contribution in [-0.2, 0) is 19.6 Å². The molecule has 1 aromatic rings. The molecule has 1 aliphatic rings. The molecule has 156 valence electrons. The summed E-state index contributed by atoms with van der Waals surface area (Å²) in [4.78, 5) is 24.6. The van der Waals surface area contributed by atoms with Crippen molar-refractivity contribution in [1.82, 2.24) is 4.72 Å². The Morgan fingerprint density at radius 3 is 2.64 bits per heavy atom. The van der Waals surface area contributed by atoms with E-state index in [1.54, 1.807) is 32.6 Å². The van der Waals surface area contributed by atoms with Crippen molar-refractivity contribution >= 4 is 27.4 Å². The van der Waals surface area contributed by atoms with Gasteiger partial charge in [0.05, 0.1) is 22.3 Å². The number of anilines is 1. The Kier molecular flexibility index (Phi) is 6.66. The van der Waals surface area contributed by atoms with Gasteiger partial charge in [0.15, 0.2) is 0 Å². The highest BCUT2D eigenvalue weighted by molar-refractivity contribution is 7.89. The smallest absolute Gasteiger partial charge is 0.310 e. The minimum atomic E-state index is -3.90. The summed E-state index contributed by atoms with van der Waals surface area (Å²) in [6, 6.07) is 3.85. The van der Waals surface area contributed by atoms with Gasteiger partial charge in [-0.05, 0) is 52.7 Å². The zero-order valence-electron chi connectivity index (χ0n) is 16.6. The largest absolute Gasteiger partial charge is 0.466 e. The van der Waals surface area contributed by atoms with E-state index in [0.717, 1.165) is 6.07 Å². The van der Waals surface area contributed by atoms with E-state index in [0.29, 0.717) is 31.6 Å². The Balaban J connectivity index is 2.35. The van der Waals surface area contributed by atoms with Crippen molar-refractivity contribution in [3.8, 4) is 0 Å². The van der Waals surface area contributed by atoms with Gasteiger partial charge in [0.2, 0.25) is 10.0 Å². The standard InChI is InChI=1S/C18H27N3O6S/c1-5-27-17(22)13-7-6-10-20(12-13)15-9-8-14(11-16(15)21(23)24)28(25,26)19-18(2,3)4/h8-9,11,13,19H,5-7,10,12H2,1-4H3. The molecule has 1 aromatic carbocycles. The number of carbonyl (C=O) groups is 1. The van der Waals surface area contributed by atoms with Gasteiger partial charge in [-0.15, -0.1) is 0 Å². The van der Waals surface area contributed by atoms with Gasteiger partial charge in [-0.2, -0.15) is 0 Å². The van der Waals surface area contributed by atoms with Crippen molar-refractivity contribution in [3.05, 3.63) is 28.3 Å². The van der Waals surface area contributed by atoms with Gasteiger partial charge in [-0.25, -0.2) is 13.1 Å². The van der Waals surface area contributed by atoms with Crippen LogP contribution in [0.5, 0.6) is 0 Å². The number of piperidine rings is 1. The number of nitro benzene ring substituents is 1. The van der Waals surface area contributed by atoms with E-state index < -0.39 is 20.5 Å². The van der Waals surface area contributed by atoms with E-state index in [2.05, 4.69) is 4.72 Å². The molecule has 0 aromatic heterocycles. The molecule has 2 rings (SSSR count). The molecular formula is C18H27N3O6S. The summed E-state index contributed by atoms with van der Waals surface area (Å²) < 4.78 is 32.6. The first-order chi connectivity index (χ1) is 12.9. The van der Waals surface area contributed by atoms with E-state index in [1.807, 2.05) is 0 Å². The first-order valence-corrected chi connectivity index (χ1v) is 10.7. The quantitative estimate of drug-likeness (QED) is 0.432. The molecule has 0 saturated carbocycles. The third-order valence-electron chi connectivity index (χ3n) is 4.28. The highest BCUT2D eigenvalue weighted by Crippen LogP contribution is 2.34. The Morgan fingerprint density at radius 2 is 2.07 bits per heavy atom. The second-order valence-electron chi connectivity index (χ2n) is 7.80. The second kappa shape index (κ2) is 8.44. The Labute approximate surface area is 165 Å². The maximum absolute atomic E-state index is 12.5. The molecule has 0 radical (unpaired) electrons. The SMILES string of the molecule is CCOC(=O)C1CCCN(c2ccc(S(=O)(=O)NC(C)(C)C)cc2[N+](=O)[O-])C1. The van der Waals surface area contributed by atoms with Crippen LogP contribution in [0.3, 0.4) is 0 Å². The number of nitrogens with zero attached hydrogens (tertiary/aromatic N) is 2. The van der Waals surface area contributed by atoms with Gasteiger partial charge in [-0.1, -0.05) is 0 Å². The van der Waals surface area contributed by atoms with Crippen molar-refractivity contribution in [3.63, 3.8) is 0 Å². The molecule has 1 atom stereocenters. The zero-order chi connectivity index (χ0) is 21.1. The molecule has 1 saturated heterocycles. The molecule has 28 heavy (non-hydrogen) atoms. The third-order valence-corrected chi connectivity index (χ3v) is 6.03. The van der Waals surface area contributed by atoms with Crippen LogP contribution in [0, 0.1) is 16.0 Å². The molecule has 1 aliphatic heterocycles. The van der Waals surface area contributed by atoms with Crippen molar-refractivity contribution in [2.45, 2.75) is 51.0 Å². The Morgan fingerprint density at radius 1 is 1.39 bits per heavy atom. The monoisotopic (exact) mass is 413 g/mol. The minimum absolute atomic E-state index is 0.170. The number of hydrogen-bond acceptors (Lipinski definition) is 7. The van der Waals surface area contributed by atoms with Gasteiger partial charge < -0.3 is 9.64 Å². The first kappa shape index (κ1) is 22.1. The van der Waals surface area contributed by atoms with Crippen LogP contribution in [0.15, 0.2) is 23.1 Å². The summed E-state index contributed by atoms with van der Waals surface area (Å²) >= 11 is 0. The number of esters is 1. The molecule has 1 heterocycles. The van der Waals surface area contributed by atoms with Crippen LogP contribution >= 0.6 is 0 Å². The number of carbonyl (C=O) groups excluding carboxylic acids is 1. The summed E-state index contributed by atoms with van der Waals surface area (Å²) in [5.41, 5.74) is -0.721. The van der Waals surface area contributed by atoms with Gasteiger partial charge in [-0.3, -0.25) is 14.9 Å². The van der Waals surface area contributed by atoms with E-state index in [1.165, 1.54) is 12.1 Å². The van der Waals surface area contributed by atoms with Crippen molar-refractivity contribution in [1.29, 1.82) is 0 Å². The van der Waals surface area contributed by atoms with Crippen LogP contribution < -0.4 is 9.62 Å².